The Kier molecular flexibility index (Phi) is 9.01. The van der Waals surface area contributed by atoms with Crippen molar-refractivity contribution in [3.63, 3.8) is 0 Å². The van der Waals surface area contributed by atoms with Crippen molar-refractivity contribution in [2.75, 3.05) is 0 Å². The van der Waals surface area contributed by atoms with E-state index in [1.54, 1.807) is 0 Å². The number of aliphatic carboxylic acids is 1. The number of rotatable bonds is 10. The molecule has 0 aliphatic carbocycles. The molecule has 2 aliphatic heterocycles. The number of nitrogens with zero attached hydrogens (tertiary/aromatic N) is 2. The van der Waals surface area contributed by atoms with E-state index in [9.17, 15) is 9.90 Å². The summed E-state index contributed by atoms with van der Waals surface area (Å²) in [5.41, 5.74) is 15.7. The van der Waals surface area contributed by atoms with Gasteiger partial charge in [-0.25, -0.2) is 9.98 Å². The molecule has 0 bridgehead atoms. The van der Waals surface area contributed by atoms with E-state index in [4.69, 9.17) is 9.98 Å². The molecule has 0 aromatic carbocycles. The molecule has 6 heteroatoms. The van der Waals surface area contributed by atoms with Gasteiger partial charge in [0, 0.05) is 28.5 Å². The molecule has 0 radical (unpaired) electrons. The molecule has 2 aromatic heterocycles. The normalized spacial score (nSPS) is 18.0. The summed E-state index contributed by atoms with van der Waals surface area (Å²) in [5, 5.41) is 11.0. The highest BCUT2D eigenvalue weighted by molar-refractivity contribution is 6.24. The van der Waals surface area contributed by atoms with Gasteiger partial charge in [0.25, 0.3) is 0 Å². The number of allylic oxidation sites excluding steroid dienone is 5. The lowest BCUT2D eigenvalue weighted by molar-refractivity contribution is -0.136. The molecular weight excluding hydrogens is 508 g/mol. The summed E-state index contributed by atoms with van der Waals surface area (Å²) in [4.78, 5) is 28.4. The van der Waals surface area contributed by atoms with Crippen LogP contribution in [0.4, 0.5) is 0 Å². The molecule has 41 heavy (non-hydrogen) atoms. The van der Waals surface area contributed by atoms with Crippen LogP contribution < -0.4 is 10.7 Å². The van der Waals surface area contributed by atoms with Crippen LogP contribution in [-0.4, -0.2) is 32.5 Å². The number of aromatic nitrogens is 2. The predicted octanol–water partition coefficient (Wildman–Crippen LogP) is 6.72. The average molecular weight is 553 g/mol. The summed E-state index contributed by atoms with van der Waals surface area (Å²) in [6.45, 7) is 21.3. The lowest BCUT2D eigenvalue weighted by Crippen LogP contribution is -2.15. The Balaban J connectivity index is 1.80. The van der Waals surface area contributed by atoms with Crippen LogP contribution in [0.2, 0.25) is 0 Å². The summed E-state index contributed by atoms with van der Waals surface area (Å²) in [6, 6.07) is 0. The smallest absolute Gasteiger partial charge is 0.303 e. The van der Waals surface area contributed by atoms with Gasteiger partial charge in [-0.1, -0.05) is 33.8 Å². The lowest BCUT2D eigenvalue weighted by Gasteiger charge is -2.04. The number of hydrogen-bond donors (Lipinski definition) is 3. The number of aromatic amines is 2. The van der Waals surface area contributed by atoms with Crippen LogP contribution in [0.3, 0.4) is 0 Å². The summed E-state index contributed by atoms with van der Waals surface area (Å²) in [6.07, 6.45) is 10.7. The van der Waals surface area contributed by atoms with Crippen molar-refractivity contribution < 1.29 is 9.90 Å². The molecule has 0 saturated carbocycles. The molecule has 0 fully saturated rings. The fraction of sp³-hybridized carbons (Fsp3) is 0.400. The van der Waals surface area contributed by atoms with Gasteiger partial charge in [-0.15, -0.1) is 0 Å². The first kappa shape index (κ1) is 30.0. The van der Waals surface area contributed by atoms with Gasteiger partial charge in [0.15, 0.2) is 0 Å². The standard InChI is InChI=1S/C35H44N4O2/c1-10-13-27-22(7)30(39-34(27)18-33-28(14-15-35(40)41)20(5)24(9)37-33)17-32-26(12-3)21(6)29(38-32)16-31-25(11-2)19(4)23(8)36-31/h16-18,36-37H,9-15H2,1-8H3,(H,40,41)/b29-16-,30-17-,33-18-. The molecule has 4 heterocycles. The fourth-order valence-electron chi connectivity index (χ4n) is 5.96. The Morgan fingerprint density at radius 3 is 2.05 bits per heavy atom. The maximum atomic E-state index is 11.3. The minimum absolute atomic E-state index is 0.0792. The largest absolute Gasteiger partial charge is 0.481 e. The molecule has 6 nitrogen and oxygen atoms in total. The number of H-pyrrole nitrogens is 2. The molecule has 0 saturated heterocycles. The number of carboxylic acid groups (broad SMARTS) is 1. The van der Waals surface area contributed by atoms with Crippen molar-refractivity contribution in [3.8, 4) is 0 Å². The monoisotopic (exact) mass is 552 g/mol. The molecule has 0 amide bonds. The zero-order chi connectivity index (χ0) is 30.0. The van der Waals surface area contributed by atoms with E-state index in [1.165, 1.54) is 39.1 Å². The average Bonchev–Trinajstić information content (AvgIpc) is 3.57. The topological polar surface area (TPSA) is 93.6 Å². The number of aryl methyl sites for hydroxylation is 1. The Morgan fingerprint density at radius 2 is 1.44 bits per heavy atom. The van der Waals surface area contributed by atoms with Gasteiger partial charge >= 0.3 is 5.97 Å². The van der Waals surface area contributed by atoms with E-state index in [0.29, 0.717) is 6.42 Å². The van der Waals surface area contributed by atoms with Crippen LogP contribution in [0, 0.1) is 20.8 Å². The second-order valence-electron chi connectivity index (χ2n) is 11.1. The third-order valence-electron chi connectivity index (χ3n) is 8.58. The highest BCUT2D eigenvalue weighted by Crippen LogP contribution is 2.34. The van der Waals surface area contributed by atoms with Crippen LogP contribution in [-0.2, 0) is 17.6 Å². The van der Waals surface area contributed by atoms with Crippen LogP contribution in [0.1, 0.15) is 93.9 Å². The van der Waals surface area contributed by atoms with E-state index in [1.807, 2.05) is 6.92 Å². The third kappa shape index (κ3) is 5.92. The minimum atomic E-state index is -0.804. The number of aliphatic imine (C=N–C) groups is 2. The molecule has 3 N–H and O–H groups in total. The number of carbonyl (C=O) groups is 1. The molecule has 0 unspecified atom stereocenters. The van der Waals surface area contributed by atoms with Crippen LogP contribution in [0.15, 0.2) is 49.7 Å². The Morgan fingerprint density at radius 1 is 0.805 bits per heavy atom. The molecule has 0 spiro atoms. The van der Waals surface area contributed by atoms with Gasteiger partial charge in [0.05, 0.1) is 22.8 Å². The first-order valence-corrected chi connectivity index (χ1v) is 14.8. The van der Waals surface area contributed by atoms with Gasteiger partial charge in [0.2, 0.25) is 0 Å². The Labute approximate surface area is 243 Å². The first-order chi connectivity index (χ1) is 19.5. The van der Waals surface area contributed by atoms with Gasteiger partial charge in [-0.2, -0.15) is 0 Å². The van der Waals surface area contributed by atoms with Gasteiger partial charge in [-0.05, 0) is 123 Å². The van der Waals surface area contributed by atoms with Crippen LogP contribution in [0.5, 0.6) is 0 Å². The van der Waals surface area contributed by atoms with Crippen molar-refractivity contribution in [2.24, 2.45) is 9.98 Å². The number of nitrogens with one attached hydrogen (secondary N) is 2. The maximum Gasteiger partial charge on any atom is 0.303 e. The predicted molar refractivity (Wildman–Crippen MR) is 172 cm³/mol. The molecule has 4 rings (SSSR count). The zero-order valence-electron chi connectivity index (χ0n) is 25.9. The van der Waals surface area contributed by atoms with Gasteiger partial charge in [0.1, 0.15) is 0 Å². The van der Waals surface area contributed by atoms with E-state index in [0.717, 1.165) is 76.0 Å². The SMILES string of the molecule is C=c1[nH]/c(=C\C2=NC(=C\C3=NC(=C\c4[nH]c(C)c(C)c4CC)/C(C)=C3CC)/C(C)=C2CCC)c(CCC(=O)O)c1C. The zero-order valence-corrected chi connectivity index (χ0v) is 25.9. The summed E-state index contributed by atoms with van der Waals surface area (Å²) >= 11 is 0. The van der Waals surface area contributed by atoms with Crippen molar-refractivity contribution in [1.29, 1.82) is 0 Å². The van der Waals surface area contributed by atoms with Crippen molar-refractivity contribution >= 4 is 36.1 Å². The molecule has 0 atom stereocenters. The second kappa shape index (κ2) is 12.3. The highest BCUT2D eigenvalue weighted by Gasteiger charge is 2.24. The van der Waals surface area contributed by atoms with E-state index >= 15 is 0 Å². The third-order valence-corrected chi connectivity index (χ3v) is 8.58. The summed E-state index contributed by atoms with van der Waals surface area (Å²) < 4.78 is 0. The lowest BCUT2D eigenvalue weighted by atomic mass is 9.98. The first-order valence-electron chi connectivity index (χ1n) is 14.8. The van der Waals surface area contributed by atoms with Crippen molar-refractivity contribution in [1.82, 2.24) is 9.97 Å². The summed E-state index contributed by atoms with van der Waals surface area (Å²) in [5.74, 6) is -0.804. The van der Waals surface area contributed by atoms with Crippen LogP contribution in [0.25, 0.3) is 18.7 Å². The number of carboxylic acids is 1. The highest BCUT2D eigenvalue weighted by atomic mass is 16.4. The van der Waals surface area contributed by atoms with E-state index in [-0.39, 0.29) is 6.42 Å². The van der Waals surface area contributed by atoms with E-state index < -0.39 is 5.97 Å². The minimum Gasteiger partial charge on any atom is -0.481 e. The van der Waals surface area contributed by atoms with Crippen molar-refractivity contribution in [3.05, 3.63) is 84.1 Å². The maximum absolute atomic E-state index is 11.3. The Hall–Kier alpha value is -3.93. The van der Waals surface area contributed by atoms with Gasteiger partial charge < -0.3 is 15.1 Å². The quantitative estimate of drug-likeness (QED) is 0.305. The van der Waals surface area contributed by atoms with E-state index in [2.05, 4.69) is 83.2 Å². The fourth-order valence-corrected chi connectivity index (χ4v) is 5.96. The van der Waals surface area contributed by atoms with Gasteiger partial charge in [-0.3, -0.25) is 4.79 Å². The number of hydrogen-bond acceptors (Lipinski definition) is 3. The molecule has 2 aromatic rings. The molecular formula is C35H44N4O2. The molecule has 216 valence electrons. The molecule has 2 aliphatic rings. The van der Waals surface area contributed by atoms with Crippen molar-refractivity contribution in [2.45, 2.75) is 93.9 Å². The summed E-state index contributed by atoms with van der Waals surface area (Å²) in [7, 11) is 0. The second-order valence-corrected chi connectivity index (χ2v) is 11.1. The van der Waals surface area contributed by atoms with Crippen LogP contribution >= 0.6 is 0 Å². The Bertz CT molecular complexity index is 1700.